The Morgan fingerprint density at radius 1 is 1.29 bits per heavy atom. The van der Waals surface area contributed by atoms with Gasteiger partial charge < -0.3 is 9.79 Å². The number of rotatable bonds is 3. The summed E-state index contributed by atoms with van der Waals surface area (Å²) in [6, 6.07) is 5.10. The highest BCUT2D eigenvalue weighted by Crippen LogP contribution is 2.33. The van der Waals surface area contributed by atoms with Crippen molar-refractivity contribution < 1.29 is 14.4 Å². The van der Waals surface area contributed by atoms with Crippen molar-refractivity contribution in [2.45, 2.75) is 26.7 Å². The van der Waals surface area contributed by atoms with E-state index in [1.807, 2.05) is 19.9 Å². The predicted molar refractivity (Wildman–Crippen MR) is 56.9 cm³/mol. The SMILES string of the molecule is CCCc1cc(C)cc(P(=O)(O)O)c1. The van der Waals surface area contributed by atoms with Crippen molar-refractivity contribution in [3.05, 3.63) is 29.3 Å². The maximum absolute atomic E-state index is 11.0. The lowest BCUT2D eigenvalue weighted by atomic mass is 10.1. The van der Waals surface area contributed by atoms with E-state index < -0.39 is 7.60 Å². The lowest BCUT2D eigenvalue weighted by Gasteiger charge is -2.08. The van der Waals surface area contributed by atoms with E-state index in [1.165, 1.54) is 0 Å². The minimum Gasteiger partial charge on any atom is -0.321 e. The van der Waals surface area contributed by atoms with E-state index in [0.717, 1.165) is 24.0 Å². The molecule has 1 aromatic rings. The number of hydrogen-bond acceptors (Lipinski definition) is 1. The molecule has 14 heavy (non-hydrogen) atoms. The zero-order valence-corrected chi connectivity index (χ0v) is 9.29. The molecule has 1 aromatic carbocycles. The molecule has 0 aromatic heterocycles. The molecule has 0 aliphatic rings. The summed E-state index contributed by atoms with van der Waals surface area (Å²) in [6.45, 7) is 3.89. The van der Waals surface area contributed by atoms with Crippen molar-refractivity contribution in [3.63, 3.8) is 0 Å². The highest BCUT2D eigenvalue weighted by atomic mass is 31.2. The molecule has 0 spiro atoms. The third-order valence-corrected chi connectivity index (χ3v) is 2.93. The van der Waals surface area contributed by atoms with Gasteiger partial charge in [-0.1, -0.05) is 19.4 Å². The molecule has 0 bridgehead atoms. The molecule has 0 aliphatic carbocycles. The van der Waals surface area contributed by atoms with Crippen molar-refractivity contribution in [3.8, 4) is 0 Å². The average Bonchev–Trinajstić information content (AvgIpc) is 2.02. The van der Waals surface area contributed by atoms with E-state index in [2.05, 4.69) is 0 Å². The Morgan fingerprint density at radius 3 is 2.43 bits per heavy atom. The molecule has 2 N–H and O–H groups in total. The van der Waals surface area contributed by atoms with E-state index in [4.69, 9.17) is 9.79 Å². The van der Waals surface area contributed by atoms with Gasteiger partial charge in [0.15, 0.2) is 0 Å². The van der Waals surface area contributed by atoms with Crippen LogP contribution in [0.2, 0.25) is 0 Å². The first-order valence-electron chi connectivity index (χ1n) is 4.60. The van der Waals surface area contributed by atoms with Gasteiger partial charge in [0.25, 0.3) is 0 Å². The van der Waals surface area contributed by atoms with Gasteiger partial charge in [-0.05, 0) is 36.6 Å². The van der Waals surface area contributed by atoms with Crippen LogP contribution in [0.15, 0.2) is 18.2 Å². The molecule has 0 unspecified atom stereocenters. The van der Waals surface area contributed by atoms with Gasteiger partial charge in [-0.2, -0.15) is 0 Å². The fraction of sp³-hybridized carbons (Fsp3) is 0.400. The van der Waals surface area contributed by atoms with Crippen LogP contribution < -0.4 is 5.30 Å². The molecule has 0 fully saturated rings. The molecule has 78 valence electrons. The maximum atomic E-state index is 11.0. The molecule has 4 heteroatoms. The molecule has 0 saturated carbocycles. The molecule has 0 radical (unpaired) electrons. The van der Waals surface area contributed by atoms with Crippen molar-refractivity contribution in [2.75, 3.05) is 0 Å². The Morgan fingerprint density at radius 2 is 1.93 bits per heavy atom. The standard InChI is InChI=1S/C10H15O3P/c1-3-4-9-5-8(2)6-10(7-9)14(11,12)13/h5-7H,3-4H2,1-2H3,(H2,11,12,13). The lowest BCUT2D eigenvalue weighted by Crippen LogP contribution is -2.06. The van der Waals surface area contributed by atoms with Crippen molar-refractivity contribution >= 4 is 12.9 Å². The van der Waals surface area contributed by atoms with Crippen LogP contribution in [-0.2, 0) is 11.0 Å². The smallest absolute Gasteiger partial charge is 0.321 e. The van der Waals surface area contributed by atoms with E-state index in [0.29, 0.717) is 0 Å². The van der Waals surface area contributed by atoms with Crippen LogP contribution in [0.5, 0.6) is 0 Å². The van der Waals surface area contributed by atoms with E-state index in [1.54, 1.807) is 12.1 Å². The van der Waals surface area contributed by atoms with Crippen molar-refractivity contribution in [2.24, 2.45) is 0 Å². The fourth-order valence-corrected chi connectivity index (χ4v) is 2.15. The minimum atomic E-state index is -4.10. The van der Waals surface area contributed by atoms with Crippen LogP contribution in [0.3, 0.4) is 0 Å². The number of aryl methyl sites for hydroxylation is 2. The molecule has 0 saturated heterocycles. The molecule has 0 aliphatic heterocycles. The Balaban J connectivity index is 3.14. The zero-order valence-electron chi connectivity index (χ0n) is 8.40. The van der Waals surface area contributed by atoms with Crippen LogP contribution in [-0.4, -0.2) is 9.79 Å². The van der Waals surface area contributed by atoms with Crippen LogP contribution >= 0.6 is 7.60 Å². The van der Waals surface area contributed by atoms with Gasteiger partial charge in [-0.25, -0.2) is 0 Å². The molecular formula is C10H15O3P. The summed E-state index contributed by atoms with van der Waals surface area (Å²) < 4.78 is 11.0. The van der Waals surface area contributed by atoms with E-state index in [-0.39, 0.29) is 5.30 Å². The second kappa shape index (κ2) is 4.26. The molecule has 0 atom stereocenters. The second-order valence-corrected chi connectivity index (χ2v) is 5.08. The Kier molecular flexibility index (Phi) is 3.48. The summed E-state index contributed by atoms with van der Waals surface area (Å²) in [7, 11) is -4.10. The Hall–Kier alpha value is -0.630. The second-order valence-electron chi connectivity index (χ2n) is 3.47. The first kappa shape index (κ1) is 11.4. The normalized spacial score (nSPS) is 11.7. The number of hydrogen-bond donors (Lipinski definition) is 2. The predicted octanol–water partition coefficient (Wildman–Crippen LogP) is 1.75. The summed E-state index contributed by atoms with van der Waals surface area (Å²) in [5, 5.41) is 0.126. The van der Waals surface area contributed by atoms with Crippen LogP contribution in [0.4, 0.5) is 0 Å². The van der Waals surface area contributed by atoms with Crippen LogP contribution in [0, 0.1) is 6.92 Å². The monoisotopic (exact) mass is 214 g/mol. The topological polar surface area (TPSA) is 57.5 Å². The van der Waals surface area contributed by atoms with Gasteiger partial charge in [-0.3, -0.25) is 4.57 Å². The molecular weight excluding hydrogens is 199 g/mol. The highest BCUT2D eigenvalue weighted by Gasteiger charge is 2.17. The Labute approximate surface area is 83.9 Å². The first-order chi connectivity index (χ1) is 6.43. The van der Waals surface area contributed by atoms with Gasteiger partial charge in [0.2, 0.25) is 0 Å². The van der Waals surface area contributed by atoms with E-state index in [9.17, 15) is 4.57 Å². The highest BCUT2D eigenvalue weighted by molar-refractivity contribution is 7.60. The van der Waals surface area contributed by atoms with Crippen molar-refractivity contribution in [1.82, 2.24) is 0 Å². The largest absolute Gasteiger partial charge is 0.356 e. The molecule has 3 nitrogen and oxygen atoms in total. The van der Waals surface area contributed by atoms with Gasteiger partial charge in [0.1, 0.15) is 0 Å². The third kappa shape index (κ3) is 2.95. The summed E-state index contributed by atoms with van der Waals surface area (Å²) >= 11 is 0. The summed E-state index contributed by atoms with van der Waals surface area (Å²) in [6.07, 6.45) is 1.83. The van der Waals surface area contributed by atoms with Gasteiger partial charge in [-0.15, -0.1) is 0 Å². The van der Waals surface area contributed by atoms with Crippen molar-refractivity contribution in [1.29, 1.82) is 0 Å². The zero-order chi connectivity index (χ0) is 10.8. The molecule has 1 rings (SSSR count). The summed E-state index contributed by atoms with van der Waals surface area (Å²) in [4.78, 5) is 18.0. The van der Waals surface area contributed by atoms with Crippen LogP contribution in [0.25, 0.3) is 0 Å². The minimum absolute atomic E-state index is 0.126. The quantitative estimate of drug-likeness (QED) is 0.753. The van der Waals surface area contributed by atoms with Gasteiger partial charge in [0.05, 0.1) is 5.30 Å². The van der Waals surface area contributed by atoms with Gasteiger partial charge >= 0.3 is 7.60 Å². The van der Waals surface area contributed by atoms with Crippen LogP contribution in [0.1, 0.15) is 24.5 Å². The van der Waals surface area contributed by atoms with Gasteiger partial charge in [0, 0.05) is 0 Å². The average molecular weight is 214 g/mol. The first-order valence-corrected chi connectivity index (χ1v) is 6.21. The number of benzene rings is 1. The fourth-order valence-electron chi connectivity index (χ4n) is 1.44. The molecule has 0 heterocycles. The third-order valence-electron chi connectivity index (χ3n) is 2.00. The Bertz CT molecular complexity index is 368. The summed E-state index contributed by atoms with van der Waals surface area (Å²) in [5.74, 6) is 0. The lowest BCUT2D eigenvalue weighted by molar-refractivity contribution is 0.387. The molecule has 0 amide bonds. The van der Waals surface area contributed by atoms with E-state index >= 15 is 0 Å². The maximum Gasteiger partial charge on any atom is 0.356 e. The summed E-state index contributed by atoms with van der Waals surface area (Å²) in [5.41, 5.74) is 1.89.